The molecule has 4 N–H and O–H groups in total. The van der Waals surface area contributed by atoms with Gasteiger partial charge in [-0.25, -0.2) is 0 Å². The molecule has 2 rings (SSSR count). The van der Waals surface area contributed by atoms with Gasteiger partial charge in [-0.1, -0.05) is 6.92 Å². The van der Waals surface area contributed by atoms with E-state index in [0.29, 0.717) is 11.4 Å². The van der Waals surface area contributed by atoms with Gasteiger partial charge in [-0.2, -0.15) is 0 Å². The van der Waals surface area contributed by atoms with E-state index >= 15 is 0 Å². The molecule has 0 saturated heterocycles. The maximum absolute atomic E-state index is 11.9. The van der Waals surface area contributed by atoms with Gasteiger partial charge < -0.3 is 16.4 Å². The van der Waals surface area contributed by atoms with Crippen molar-refractivity contribution >= 4 is 47.4 Å². The van der Waals surface area contributed by atoms with Crippen LogP contribution in [0.3, 0.4) is 0 Å². The lowest BCUT2D eigenvalue weighted by Gasteiger charge is -2.19. The van der Waals surface area contributed by atoms with Crippen molar-refractivity contribution < 1.29 is 9.59 Å². The van der Waals surface area contributed by atoms with Gasteiger partial charge in [-0.05, 0) is 25.1 Å². The Morgan fingerprint density at radius 2 is 2.15 bits per heavy atom. The number of hydrogen-bond acceptors (Lipinski definition) is 4. The van der Waals surface area contributed by atoms with Crippen molar-refractivity contribution in [1.82, 2.24) is 0 Å². The molecule has 110 valence electrons. The number of fused-ring (bicyclic) bond motifs is 1. The first-order chi connectivity index (χ1) is 8.97. The first kappa shape index (κ1) is 16.8. The number of rotatable bonds is 3. The molecule has 1 aromatic carbocycles. The Bertz CT molecular complexity index is 522. The predicted molar refractivity (Wildman–Crippen MR) is 84.5 cm³/mol. The van der Waals surface area contributed by atoms with Crippen LogP contribution in [0, 0.1) is 5.92 Å². The molecular formula is C13H18ClN3O2S. The standard InChI is InChI=1S/C13H17N3O2S.ClH/c1-7(8(2)14)13(18)15-9-3-4-11-10(5-9)16-12(17)6-19-11;/h3-5,7-8H,6,14H2,1-2H3,(H,15,18)(H,16,17);1H. The molecule has 20 heavy (non-hydrogen) atoms. The maximum Gasteiger partial charge on any atom is 0.234 e. The molecule has 0 aliphatic carbocycles. The molecule has 0 bridgehead atoms. The van der Waals surface area contributed by atoms with E-state index < -0.39 is 0 Å². The second kappa shape index (κ2) is 6.97. The molecule has 0 fully saturated rings. The lowest BCUT2D eigenvalue weighted by molar-refractivity contribution is -0.119. The number of halogens is 1. The van der Waals surface area contributed by atoms with E-state index in [-0.39, 0.29) is 36.2 Å². The molecule has 1 heterocycles. The predicted octanol–water partition coefficient (Wildman–Crippen LogP) is 2.07. The highest BCUT2D eigenvalue weighted by Gasteiger charge is 2.19. The van der Waals surface area contributed by atoms with E-state index in [1.807, 2.05) is 12.1 Å². The molecule has 2 atom stereocenters. The highest BCUT2D eigenvalue weighted by Crippen LogP contribution is 2.33. The normalized spacial score (nSPS) is 16.2. The minimum atomic E-state index is -0.264. The lowest BCUT2D eigenvalue weighted by atomic mass is 10.0. The summed E-state index contributed by atoms with van der Waals surface area (Å²) >= 11 is 1.49. The van der Waals surface area contributed by atoms with Gasteiger partial charge in [0.05, 0.1) is 17.4 Å². The van der Waals surface area contributed by atoms with E-state index in [1.54, 1.807) is 19.9 Å². The third-order valence-corrected chi connectivity index (χ3v) is 4.16. The van der Waals surface area contributed by atoms with Crippen molar-refractivity contribution in [3.63, 3.8) is 0 Å². The van der Waals surface area contributed by atoms with Crippen LogP contribution < -0.4 is 16.4 Å². The number of hydrogen-bond donors (Lipinski definition) is 3. The van der Waals surface area contributed by atoms with Crippen LogP contribution in [-0.2, 0) is 9.59 Å². The van der Waals surface area contributed by atoms with Crippen LogP contribution >= 0.6 is 24.2 Å². The fraction of sp³-hybridized carbons (Fsp3) is 0.385. The topological polar surface area (TPSA) is 84.2 Å². The summed E-state index contributed by atoms with van der Waals surface area (Å²) in [7, 11) is 0. The summed E-state index contributed by atoms with van der Waals surface area (Å²) < 4.78 is 0. The smallest absolute Gasteiger partial charge is 0.234 e. The number of nitrogens with two attached hydrogens (primary N) is 1. The fourth-order valence-electron chi connectivity index (χ4n) is 1.66. The van der Waals surface area contributed by atoms with E-state index in [2.05, 4.69) is 10.6 Å². The first-order valence-electron chi connectivity index (χ1n) is 6.10. The SMILES string of the molecule is CC(N)C(C)C(=O)Nc1ccc2c(c1)NC(=O)CS2.Cl. The van der Waals surface area contributed by atoms with Crippen molar-refractivity contribution in [3.05, 3.63) is 18.2 Å². The van der Waals surface area contributed by atoms with Gasteiger partial charge in [0, 0.05) is 16.6 Å². The summed E-state index contributed by atoms with van der Waals surface area (Å²) in [5, 5.41) is 5.60. The quantitative estimate of drug-likeness (QED) is 0.797. The molecule has 7 heteroatoms. The van der Waals surface area contributed by atoms with Gasteiger partial charge in [-0.3, -0.25) is 9.59 Å². The van der Waals surface area contributed by atoms with Gasteiger partial charge in [0.2, 0.25) is 11.8 Å². The number of anilines is 2. The number of benzene rings is 1. The Labute approximate surface area is 128 Å². The second-order valence-corrected chi connectivity index (χ2v) is 5.70. The molecule has 0 radical (unpaired) electrons. The van der Waals surface area contributed by atoms with Crippen LogP contribution in [0.4, 0.5) is 11.4 Å². The second-order valence-electron chi connectivity index (χ2n) is 4.68. The molecule has 1 aromatic rings. The van der Waals surface area contributed by atoms with Gasteiger partial charge >= 0.3 is 0 Å². The Morgan fingerprint density at radius 1 is 1.45 bits per heavy atom. The zero-order valence-corrected chi connectivity index (χ0v) is 12.9. The molecule has 0 aromatic heterocycles. The molecule has 1 aliphatic rings. The summed E-state index contributed by atoms with van der Waals surface area (Å²) in [5.41, 5.74) is 7.11. The average Bonchev–Trinajstić information content (AvgIpc) is 2.37. The average molecular weight is 316 g/mol. The van der Waals surface area contributed by atoms with Crippen molar-refractivity contribution in [2.45, 2.75) is 24.8 Å². The van der Waals surface area contributed by atoms with Gasteiger partial charge in [0.1, 0.15) is 0 Å². The Morgan fingerprint density at radius 3 is 2.80 bits per heavy atom. The molecule has 2 amide bonds. The minimum Gasteiger partial charge on any atom is -0.327 e. The van der Waals surface area contributed by atoms with E-state index in [9.17, 15) is 9.59 Å². The molecule has 1 aliphatic heterocycles. The van der Waals surface area contributed by atoms with Crippen LogP contribution in [0.2, 0.25) is 0 Å². The highest BCUT2D eigenvalue weighted by atomic mass is 35.5. The minimum absolute atomic E-state index is 0. The van der Waals surface area contributed by atoms with Crippen LogP contribution in [0.15, 0.2) is 23.1 Å². The molecule has 5 nitrogen and oxygen atoms in total. The molecule has 0 spiro atoms. The third-order valence-electron chi connectivity index (χ3n) is 3.08. The number of nitrogens with one attached hydrogen (secondary N) is 2. The van der Waals surface area contributed by atoms with Crippen LogP contribution in [-0.4, -0.2) is 23.6 Å². The van der Waals surface area contributed by atoms with Crippen molar-refractivity contribution in [2.24, 2.45) is 11.7 Å². The number of thioether (sulfide) groups is 1. The maximum atomic E-state index is 11.9. The zero-order chi connectivity index (χ0) is 14.0. The van der Waals surface area contributed by atoms with Crippen LogP contribution in [0.5, 0.6) is 0 Å². The van der Waals surface area contributed by atoms with Crippen molar-refractivity contribution in [2.75, 3.05) is 16.4 Å². The summed E-state index contributed by atoms with van der Waals surface area (Å²) in [6, 6.07) is 5.29. The highest BCUT2D eigenvalue weighted by molar-refractivity contribution is 8.00. The Kier molecular flexibility index (Phi) is 5.86. The van der Waals surface area contributed by atoms with E-state index in [1.165, 1.54) is 11.8 Å². The lowest BCUT2D eigenvalue weighted by Crippen LogP contribution is -2.34. The summed E-state index contributed by atoms with van der Waals surface area (Å²) in [4.78, 5) is 24.2. The summed E-state index contributed by atoms with van der Waals surface area (Å²) in [6.07, 6.45) is 0. The van der Waals surface area contributed by atoms with Gasteiger partial charge in [-0.15, -0.1) is 24.2 Å². The van der Waals surface area contributed by atoms with Crippen molar-refractivity contribution in [3.8, 4) is 0 Å². The van der Waals surface area contributed by atoms with Crippen molar-refractivity contribution in [1.29, 1.82) is 0 Å². The third kappa shape index (κ3) is 3.88. The Hall–Kier alpha value is -1.24. The largest absolute Gasteiger partial charge is 0.327 e. The summed E-state index contributed by atoms with van der Waals surface area (Å²) in [5.74, 6) is 0.0233. The number of amides is 2. The zero-order valence-electron chi connectivity index (χ0n) is 11.3. The molecular weight excluding hydrogens is 298 g/mol. The van der Waals surface area contributed by atoms with Crippen LogP contribution in [0.25, 0.3) is 0 Å². The fourth-order valence-corrected chi connectivity index (χ4v) is 2.44. The van der Waals surface area contributed by atoms with Gasteiger partial charge in [0.15, 0.2) is 0 Å². The molecule has 0 saturated carbocycles. The van der Waals surface area contributed by atoms with E-state index in [0.717, 1.165) is 10.6 Å². The molecule has 2 unspecified atom stereocenters. The number of carbonyl (C=O) groups is 2. The summed E-state index contributed by atoms with van der Waals surface area (Å²) in [6.45, 7) is 3.59. The Balaban J connectivity index is 0.00000200. The first-order valence-corrected chi connectivity index (χ1v) is 7.09. The van der Waals surface area contributed by atoms with E-state index in [4.69, 9.17) is 5.73 Å². The van der Waals surface area contributed by atoms with Gasteiger partial charge in [0.25, 0.3) is 0 Å². The number of carbonyl (C=O) groups excluding carboxylic acids is 2. The monoisotopic (exact) mass is 315 g/mol. The van der Waals surface area contributed by atoms with Crippen LogP contribution in [0.1, 0.15) is 13.8 Å².